The Kier molecular flexibility index (Phi) is 4.87. The third-order valence-corrected chi connectivity index (χ3v) is 7.34. The molecule has 0 unspecified atom stereocenters. The molecule has 0 amide bonds. The first-order valence-electron chi connectivity index (χ1n) is 11.0. The van der Waals surface area contributed by atoms with Crippen molar-refractivity contribution in [2.75, 3.05) is 0 Å². The predicted octanol–water partition coefficient (Wildman–Crippen LogP) is 4.79. The van der Waals surface area contributed by atoms with Crippen LogP contribution in [0.2, 0.25) is 0 Å². The van der Waals surface area contributed by atoms with Crippen LogP contribution in [0.3, 0.4) is 0 Å². The van der Waals surface area contributed by atoms with E-state index in [9.17, 15) is 9.90 Å². The molecule has 1 N–H and O–H groups in total. The van der Waals surface area contributed by atoms with Crippen LogP contribution in [0, 0.1) is 5.92 Å². The summed E-state index contributed by atoms with van der Waals surface area (Å²) < 4.78 is 12.9. The van der Waals surface area contributed by atoms with Gasteiger partial charge in [0.25, 0.3) is 0 Å². The van der Waals surface area contributed by atoms with Crippen molar-refractivity contribution in [1.29, 1.82) is 0 Å². The van der Waals surface area contributed by atoms with Crippen LogP contribution in [0.25, 0.3) is 6.08 Å². The van der Waals surface area contributed by atoms with Crippen molar-refractivity contribution in [3.8, 4) is 0 Å². The van der Waals surface area contributed by atoms with Gasteiger partial charge < -0.3 is 14.6 Å². The first-order valence-corrected chi connectivity index (χ1v) is 11.0. The van der Waals surface area contributed by atoms with Gasteiger partial charge in [0.1, 0.15) is 5.60 Å². The lowest BCUT2D eigenvalue weighted by Gasteiger charge is -2.48. The van der Waals surface area contributed by atoms with E-state index in [0.29, 0.717) is 6.42 Å². The molecule has 2 aromatic rings. The Bertz CT molecular complexity index is 1040. The fourth-order valence-corrected chi connectivity index (χ4v) is 5.76. The number of aliphatic hydroxyl groups is 1. The van der Waals surface area contributed by atoms with Gasteiger partial charge in [0.15, 0.2) is 6.10 Å². The average Bonchev–Trinajstić information content (AvgIpc) is 3.29. The molecule has 4 heteroatoms. The van der Waals surface area contributed by atoms with Gasteiger partial charge in [0, 0.05) is 18.4 Å². The Morgan fingerprint density at radius 3 is 2.52 bits per heavy atom. The van der Waals surface area contributed by atoms with Gasteiger partial charge in [-0.1, -0.05) is 66.2 Å². The number of carbonyl (C=O) groups excluding carboxylic acids is 1. The van der Waals surface area contributed by atoms with Crippen molar-refractivity contribution >= 4 is 12.0 Å². The SMILES string of the molecule is CC1=C2[C@@H](CC1)[C@]1(C)O[C@@](c3ccccc3)(C[C@H]1O)[C@H]2OC(=O)/C=C/c1ccccc1. The molecule has 0 radical (unpaired) electrons. The lowest BCUT2D eigenvalue weighted by molar-refractivity contribution is -0.211. The van der Waals surface area contributed by atoms with Gasteiger partial charge in [0.05, 0.1) is 11.7 Å². The van der Waals surface area contributed by atoms with Crippen LogP contribution in [0.5, 0.6) is 0 Å². The van der Waals surface area contributed by atoms with Gasteiger partial charge in [-0.05, 0) is 49.5 Å². The number of rotatable bonds is 4. The first-order chi connectivity index (χ1) is 14.9. The molecule has 0 spiro atoms. The normalized spacial score (nSPS) is 34.2. The van der Waals surface area contributed by atoms with E-state index in [1.807, 2.05) is 67.6 Å². The first kappa shape index (κ1) is 20.2. The molecular weight excluding hydrogens is 388 g/mol. The zero-order valence-electron chi connectivity index (χ0n) is 18.0. The molecule has 31 heavy (non-hydrogen) atoms. The quantitative estimate of drug-likeness (QED) is 0.442. The number of ether oxygens (including phenoxy) is 2. The molecule has 0 aromatic heterocycles. The zero-order valence-corrected chi connectivity index (χ0v) is 18.0. The van der Waals surface area contributed by atoms with E-state index in [2.05, 4.69) is 6.92 Å². The number of hydrogen-bond donors (Lipinski definition) is 1. The van der Waals surface area contributed by atoms with Crippen molar-refractivity contribution in [3.63, 3.8) is 0 Å². The zero-order chi connectivity index (χ0) is 21.6. The Balaban J connectivity index is 1.55. The monoisotopic (exact) mass is 416 g/mol. The van der Waals surface area contributed by atoms with Crippen LogP contribution >= 0.6 is 0 Å². The van der Waals surface area contributed by atoms with E-state index in [4.69, 9.17) is 9.47 Å². The van der Waals surface area contributed by atoms with Gasteiger partial charge in [-0.2, -0.15) is 0 Å². The molecular formula is C27H28O4. The second-order valence-corrected chi connectivity index (χ2v) is 9.15. The fourth-order valence-electron chi connectivity index (χ4n) is 5.76. The van der Waals surface area contributed by atoms with E-state index in [-0.39, 0.29) is 5.92 Å². The highest BCUT2D eigenvalue weighted by molar-refractivity contribution is 5.87. The topological polar surface area (TPSA) is 55.8 Å². The number of aliphatic hydroxyl groups excluding tert-OH is 1. The van der Waals surface area contributed by atoms with Gasteiger partial charge in [0.2, 0.25) is 0 Å². The Morgan fingerprint density at radius 1 is 1.13 bits per heavy atom. The maximum absolute atomic E-state index is 12.9. The summed E-state index contributed by atoms with van der Waals surface area (Å²) in [6, 6.07) is 19.6. The summed E-state index contributed by atoms with van der Waals surface area (Å²) in [6.07, 6.45) is 4.32. The standard InChI is InChI=1S/C27H28O4/c1-18-13-15-21-24(18)25(30-23(29)16-14-19-9-5-3-6-10-19)27(20-11-7-4-8-12-20)17-22(28)26(21,2)31-27/h3-12,14,16,21-22,25,28H,13,15,17H2,1-2H3/b16-14+/t21-,22-,25+,26+,27-/m1/s1. The second-order valence-electron chi connectivity index (χ2n) is 9.15. The summed E-state index contributed by atoms with van der Waals surface area (Å²) in [5, 5.41) is 11.1. The molecule has 1 aliphatic carbocycles. The number of hydrogen-bond acceptors (Lipinski definition) is 4. The molecule has 2 saturated heterocycles. The van der Waals surface area contributed by atoms with Crippen LogP contribution in [0.15, 0.2) is 77.9 Å². The van der Waals surface area contributed by atoms with Crippen molar-refractivity contribution in [2.24, 2.45) is 5.92 Å². The Labute approximate surface area is 183 Å². The van der Waals surface area contributed by atoms with Gasteiger partial charge >= 0.3 is 5.97 Å². The Hall–Kier alpha value is -2.69. The third-order valence-electron chi connectivity index (χ3n) is 7.34. The molecule has 5 rings (SSSR count). The predicted molar refractivity (Wildman–Crippen MR) is 119 cm³/mol. The van der Waals surface area contributed by atoms with E-state index >= 15 is 0 Å². The molecule has 2 fully saturated rings. The number of esters is 1. The second kappa shape index (κ2) is 7.47. The van der Waals surface area contributed by atoms with Crippen LogP contribution in [-0.4, -0.2) is 28.9 Å². The van der Waals surface area contributed by atoms with Crippen LogP contribution in [0.4, 0.5) is 0 Å². The minimum absolute atomic E-state index is 0.0535. The van der Waals surface area contributed by atoms with Crippen molar-refractivity contribution in [3.05, 3.63) is 89.0 Å². The largest absolute Gasteiger partial charge is 0.451 e. The van der Waals surface area contributed by atoms with Gasteiger partial charge in [-0.3, -0.25) is 0 Å². The summed E-state index contributed by atoms with van der Waals surface area (Å²) in [4.78, 5) is 12.9. The third kappa shape index (κ3) is 3.17. The highest BCUT2D eigenvalue weighted by Crippen LogP contribution is 2.62. The van der Waals surface area contributed by atoms with Crippen molar-refractivity contribution in [2.45, 2.75) is 56.5 Å². The smallest absolute Gasteiger partial charge is 0.331 e. The highest BCUT2D eigenvalue weighted by atomic mass is 16.6. The minimum atomic E-state index is -0.886. The van der Waals surface area contributed by atoms with Gasteiger partial charge in [-0.25, -0.2) is 4.79 Å². The van der Waals surface area contributed by atoms with E-state index in [1.165, 1.54) is 11.6 Å². The summed E-state index contributed by atoms with van der Waals surface area (Å²) in [5.74, 6) is -0.346. The van der Waals surface area contributed by atoms with E-state index < -0.39 is 29.4 Å². The summed E-state index contributed by atoms with van der Waals surface area (Å²) in [6.45, 7) is 4.13. The maximum Gasteiger partial charge on any atom is 0.331 e. The summed E-state index contributed by atoms with van der Waals surface area (Å²) in [7, 11) is 0. The molecule has 2 aromatic carbocycles. The lowest BCUT2D eigenvalue weighted by Crippen LogP contribution is -2.55. The van der Waals surface area contributed by atoms with Crippen LogP contribution in [-0.2, 0) is 19.9 Å². The molecule has 2 aliphatic heterocycles. The molecule has 160 valence electrons. The van der Waals surface area contributed by atoms with Gasteiger partial charge in [-0.15, -0.1) is 0 Å². The minimum Gasteiger partial charge on any atom is -0.451 e. The average molecular weight is 417 g/mol. The molecule has 4 nitrogen and oxygen atoms in total. The molecule has 2 heterocycles. The number of benzene rings is 2. The lowest BCUT2D eigenvalue weighted by atomic mass is 9.75. The molecule has 5 atom stereocenters. The fraction of sp³-hybridized carbons (Fsp3) is 0.370. The van der Waals surface area contributed by atoms with E-state index in [1.54, 1.807) is 6.08 Å². The molecule has 0 saturated carbocycles. The van der Waals surface area contributed by atoms with Crippen LogP contribution in [0.1, 0.15) is 44.2 Å². The molecule has 2 bridgehead atoms. The highest BCUT2D eigenvalue weighted by Gasteiger charge is 2.68. The Morgan fingerprint density at radius 2 is 1.81 bits per heavy atom. The number of fused-ring (bicyclic) bond motifs is 4. The number of carbonyl (C=O) groups is 1. The van der Waals surface area contributed by atoms with E-state index in [0.717, 1.165) is 29.5 Å². The van der Waals surface area contributed by atoms with Crippen LogP contribution < -0.4 is 0 Å². The van der Waals surface area contributed by atoms with Crippen molar-refractivity contribution in [1.82, 2.24) is 0 Å². The molecule has 3 aliphatic rings. The van der Waals surface area contributed by atoms with Crippen molar-refractivity contribution < 1.29 is 19.4 Å². The summed E-state index contributed by atoms with van der Waals surface area (Å²) in [5.41, 5.74) is 2.70. The maximum atomic E-state index is 12.9. The number of allylic oxidation sites excluding steroid dienone is 1. The summed E-state index contributed by atoms with van der Waals surface area (Å²) >= 11 is 0.